The second-order valence-corrected chi connectivity index (χ2v) is 6.66. The normalized spacial score (nSPS) is 17.6. The second kappa shape index (κ2) is 7.19. The minimum atomic E-state index is 0.295. The van der Waals surface area contributed by atoms with Crippen molar-refractivity contribution in [1.82, 2.24) is 14.8 Å². The van der Waals surface area contributed by atoms with E-state index in [1.165, 1.54) is 18.4 Å². The predicted molar refractivity (Wildman–Crippen MR) is 99.2 cm³/mol. The quantitative estimate of drug-likeness (QED) is 0.706. The molecular formula is C21H23N3O. The zero-order chi connectivity index (χ0) is 17.1. The summed E-state index contributed by atoms with van der Waals surface area (Å²) in [5, 5.41) is 4.75. The summed E-state index contributed by atoms with van der Waals surface area (Å²) in [5.41, 5.74) is 5.44. The van der Waals surface area contributed by atoms with E-state index < -0.39 is 0 Å². The van der Waals surface area contributed by atoms with Crippen LogP contribution in [0.3, 0.4) is 0 Å². The van der Waals surface area contributed by atoms with Crippen LogP contribution in [-0.4, -0.2) is 27.5 Å². The van der Waals surface area contributed by atoms with Crippen molar-refractivity contribution in [2.45, 2.75) is 38.8 Å². The molecule has 3 aromatic rings. The number of rotatable bonds is 4. The molecule has 0 bridgehead atoms. The van der Waals surface area contributed by atoms with Crippen LogP contribution in [0, 0.1) is 6.92 Å². The molecule has 0 spiro atoms. The van der Waals surface area contributed by atoms with Crippen LogP contribution in [0.4, 0.5) is 0 Å². The van der Waals surface area contributed by atoms with E-state index >= 15 is 0 Å². The van der Waals surface area contributed by atoms with E-state index in [-0.39, 0.29) is 0 Å². The number of hydrogen-bond acceptors (Lipinski definition) is 3. The molecule has 0 saturated carbocycles. The number of pyridine rings is 1. The molecule has 1 atom stereocenters. The summed E-state index contributed by atoms with van der Waals surface area (Å²) in [7, 11) is 0. The van der Waals surface area contributed by atoms with Crippen LogP contribution in [0.15, 0.2) is 54.9 Å². The summed E-state index contributed by atoms with van der Waals surface area (Å²) in [6.45, 7) is 3.80. The van der Waals surface area contributed by atoms with E-state index in [0.29, 0.717) is 6.10 Å². The van der Waals surface area contributed by atoms with Gasteiger partial charge in [0.1, 0.15) is 0 Å². The molecule has 1 aromatic carbocycles. The van der Waals surface area contributed by atoms with Gasteiger partial charge in [-0.25, -0.2) is 0 Å². The van der Waals surface area contributed by atoms with Crippen LogP contribution >= 0.6 is 0 Å². The number of aromatic nitrogens is 3. The van der Waals surface area contributed by atoms with Gasteiger partial charge in [0.05, 0.1) is 24.0 Å². The molecule has 1 fully saturated rings. The van der Waals surface area contributed by atoms with Crippen LogP contribution in [-0.2, 0) is 11.3 Å². The Hall–Kier alpha value is -2.46. The maximum absolute atomic E-state index is 5.82. The highest BCUT2D eigenvalue weighted by molar-refractivity contribution is 5.70. The van der Waals surface area contributed by atoms with Crippen LogP contribution < -0.4 is 0 Å². The Morgan fingerprint density at radius 3 is 2.88 bits per heavy atom. The van der Waals surface area contributed by atoms with E-state index in [1.807, 2.05) is 23.1 Å². The summed E-state index contributed by atoms with van der Waals surface area (Å²) in [6.07, 6.45) is 7.75. The van der Waals surface area contributed by atoms with Crippen LogP contribution in [0.2, 0.25) is 0 Å². The average Bonchev–Trinajstić information content (AvgIpc) is 3.12. The third kappa shape index (κ3) is 3.64. The Morgan fingerprint density at radius 1 is 1.12 bits per heavy atom. The van der Waals surface area contributed by atoms with Crippen molar-refractivity contribution in [3.63, 3.8) is 0 Å². The smallest absolute Gasteiger partial charge is 0.0923 e. The highest BCUT2D eigenvalue weighted by Crippen LogP contribution is 2.26. The molecule has 4 heteroatoms. The maximum atomic E-state index is 5.82. The molecule has 4 nitrogen and oxygen atoms in total. The van der Waals surface area contributed by atoms with Crippen molar-refractivity contribution < 1.29 is 4.74 Å². The van der Waals surface area contributed by atoms with E-state index in [0.717, 1.165) is 42.1 Å². The van der Waals surface area contributed by atoms with Crippen molar-refractivity contribution in [3.8, 4) is 22.5 Å². The first-order chi connectivity index (χ1) is 12.3. The summed E-state index contributed by atoms with van der Waals surface area (Å²) >= 11 is 0. The van der Waals surface area contributed by atoms with Crippen LogP contribution in [0.25, 0.3) is 22.5 Å². The lowest BCUT2D eigenvalue weighted by Gasteiger charge is -2.22. The van der Waals surface area contributed by atoms with E-state index in [9.17, 15) is 0 Å². The minimum absolute atomic E-state index is 0.295. The molecular weight excluding hydrogens is 310 g/mol. The molecule has 128 valence electrons. The van der Waals surface area contributed by atoms with Crippen LogP contribution in [0.5, 0.6) is 0 Å². The number of hydrogen-bond donors (Lipinski definition) is 0. The topological polar surface area (TPSA) is 39.9 Å². The van der Waals surface area contributed by atoms with E-state index in [1.54, 1.807) is 0 Å². The molecule has 0 radical (unpaired) electrons. The lowest BCUT2D eigenvalue weighted by Crippen LogP contribution is -2.24. The summed E-state index contributed by atoms with van der Waals surface area (Å²) < 4.78 is 7.82. The average molecular weight is 333 g/mol. The summed E-state index contributed by atoms with van der Waals surface area (Å²) in [5.74, 6) is 0. The van der Waals surface area contributed by atoms with Gasteiger partial charge in [-0.3, -0.25) is 9.67 Å². The van der Waals surface area contributed by atoms with Gasteiger partial charge in [0.25, 0.3) is 0 Å². The van der Waals surface area contributed by atoms with Gasteiger partial charge in [-0.1, -0.05) is 24.3 Å². The number of aryl methyl sites for hydroxylation is 1. The number of nitrogens with zero attached hydrogens (tertiary/aromatic N) is 3. The first kappa shape index (κ1) is 16.0. The Balaban J connectivity index is 1.56. The predicted octanol–water partition coefficient (Wildman–Crippen LogP) is 4.49. The van der Waals surface area contributed by atoms with Crippen molar-refractivity contribution in [2.75, 3.05) is 6.61 Å². The molecule has 3 heterocycles. The number of ether oxygens (including phenoxy) is 1. The Morgan fingerprint density at radius 2 is 2.04 bits per heavy atom. The molecule has 1 unspecified atom stereocenters. The van der Waals surface area contributed by atoms with E-state index in [4.69, 9.17) is 9.84 Å². The lowest BCUT2D eigenvalue weighted by atomic mass is 10.0. The minimum Gasteiger partial charge on any atom is -0.376 e. The molecule has 1 aliphatic rings. The third-order valence-electron chi connectivity index (χ3n) is 4.75. The fourth-order valence-corrected chi connectivity index (χ4v) is 3.39. The van der Waals surface area contributed by atoms with Crippen molar-refractivity contribution >= 4 is 0 Å². The van der Waals surface area contributed by atoms with Gasteiger partial charge in [-0.15, -0.1) is 0 Å². The third-order valence-corrected chi connectivity index (χ3v) is 4.75. The zero-order valence-electron chi connectivity index (χ0n) is 14.6. The maximum Gasteiger partial charge on any atom is 0.0923 e. The standard InChI is InChI=1S/C21H23N3O/c1-16-6-5-11-22-21(16)18-8-4-7-17(14-18)20-10-12-24(23-20)15-19-9-2-3-13-25-19/h4-8,10-12,14,19H,2-3,9,13,15H2,1H3. The van der Waals surface area contributed by atoms with Gasteiger partial charge in [0, 0.05) is 30.1 Å². The number of benzene rings is 1. The largest absolute Gasteiger partial charge is 0.376 e. The molecule has 0 amide bonds. The Kier molecular flexibility index (Phi) is 4.61. The van der Waals surface area contributed by atoms with Crippen molar-refractivity contribution in [3.05, 3.63) is 60.4 Å². The fourth-order valence-electron chi connectivity index (χ4n) is 3.39. The van der Waals surface area contributed by atoms with Gasteiger partial charge in [-0.05, 0) is 49.9 Å². The van der Waals surface area contributed by atoms with Gasteiger partial charge < -0.3 is 4.74 Å². The van der Waals surface area contributed by atoms with Gasteiger partial charge in [0.2, 0.25) is 0 Å². The summed E-state index contributed by atoms with van der Waals surface area (Å²) in [4.78, 5) is 4.52. The van der Waals surface area contributed by atoms with Crippen molar-refractivity contribution in [2.24, 2.45) is 0 Å². The van der Waals surface area contributed by atoms with Crippen molar-refractivity contribution in [1.29, 1.82) is 0 Å². The summed E-state index contributed by atoms with van der Waals surface area (Å²) in [6, 6.07) is 14.6. The fraction of sp³-hybridized carbons (Fsp3) is 0.333. The van der Waals surface area contributed by atoms with Gasteiger partial charge in [-0.2, -0.15) is 5.10 Å². The zero-order valence-corrected chi connectivity index (χ0v) is 14.6. The highest BCUT2D eigenvalue weighted by atomic mass is 16.5. The lowest BCUT2D eigenvalue weighted by molar-refractivity contribution is 0.00403. The van der Waals surface area contributed by atoms with Gasteiger partial charge >= 0.3 is 0 Å². The Bertz CT molecular complexity index is 850. The monoisotopic (exact) mass is 333 g/mol. The molecule has 25 heavy (non-hydrogen) atoms. The molecule has 1 aliphatic heterocycles. The van der Waals surface area contributed by atoms with E-state index in [2.05, 4.69) is 48.3 Å². The highest BCUT2D eigenvalue weighted by Gasteiger charge is 2.15. The molecule has 1 saturated heterocycles. The SMILES string of the molecule is Cc1cccnc1-c1cccc(-c2ccn(CC3CCCCO3)n2)c1. The first-order valence-corrected chi connectivity index (χ1v) is 8.97. The molecule has 0 N–H and O–H groups in total. The molecule has 4 rings (SSSR count). The van der Waals surface area contributed by atoms with Crippen LogP contribution in [0.1, 0.15) is 24.8 Å². The second-order valence-electron chi connectivity index (χ2n) is 6.66. The first-order valence-electron chi connectivity index (χ1n) is 8.97. The molecule has 0 aliphatic carbocycles. The Labute approximate surface area is 148 Å². The van der Waals surface area contributed by atoms with Gasteiger partial charge in [0.15, 0.2) is 0 Å². The molecule has 2 aromatic heterocycles.